The Hall–Kier alpha value is -0.900. The highest BCUT2D eigenvalue weighted by molar-refractivity contribution is 4.98. The van der Waals surface area contributed by atoms with E-state index in [9.17, 15) is 0 Å². The Kier molecular flexibility index (Phi) is 5.37. The molecule has 0 aliphatic heterocycles. The molecule has 108 valence electrons. The molecule has 19 heavy (non-hydrogen) atoms. The second-order valence-corrected chi connectivity index (χ2v) is 5.95. The van der Waals surface area contributed by atoms with Crippen molar-refractivity contribution >= 4 is 0 Å². The summed E-state index contributed by atoms with van der Waals surface area (Å²) in [5.41, 5.74) is 1.12. The lowest BCUT2D eigenvalue weighted by atomic mass is 9.76. The summed E-state index contributed by atoms with van der Waals surface area (Å²) in [4.78, 5) is 0. The van der Waals surface area contributed by atoms with Crippen molar-refractivity contribution in [2.75, 3.05) is 6.54 Å². The number of likely N-dealkylation sites (N-methyl/N-ethyl adjacent to an activating group) is 1. The molecule has 0 saturated heterocycles. The molecule has 1 fully saturated rings. The van der Waals surface area contributed by atoms with Gasteiger partial charge in [-0.15, -0.1) is 5.10 Å². The third-order valence-electron chi connectivity index (χ3n) is 4.52. The van der Waals surface area contributed by atoms with Gasteiger partial charge in [0.2, 0.25) is 0 Å². The van der Waals surface area contributed by atoms with Crippen LogP contribution >= 0.6 is 0 Å². The van der Waals surface area contributed by atoms with E-state index < -0.39 is 0 Å². The zero-order valence-electron chi connectivity index (χ0n) is 12.6. The van der Waals surface area contributed by atoms with Gasteiger partial charge in [0.05, 0.1) is 5.69 Å². The second-order valence-electron chi connectivity index (χ2n) is 5.95. The van der Waals surface area contributed by atoms with Crippen LogP contribution < -0.4 is 5.32 Å². The molecule has 1 aromatic heterocycles. The highest BCUT2D eigenvalue weighted by Gasteiger charge is 2.27. The van der Waals surface area contributed by atoms with E-state index >= 15 is 0 Å². The van der Waals surface area contributed by atoms with E-state index in [0.29, 0.717) is 6.04 Å². The molecule has 1 heterocycles. The highest BCUT2D eigenvalue weighted by Crippen LogP contribution is 2.33. The van der Waals surface area contributed by atoms with Gasteiger partial charge in [0.15, 0.2) is 0 Å². The van der Waals surface area contributed by atoms with E-state index in [0.717, 1.165) is 30.5 Å². The van der Waals surface area contributed by atoms with Crippen LogP contribution in [0.15, 0.2) is 6.20 Å². The summed E-state index contributed by atoms with van der Waals surface area (Å²) >= 11 is 0. The molecule has 4 heteroatoms. The van der Waals surface area contributed by atoms with Crippen molar-refractivity contribution in [1.29, 1.82) is 0 Å². The third-order valence-corrected chi connectivity index (χ3v) is 4.52. The standard InChI is InChI=1S/C15H28N4/c1-4-12-7-6-8-13(9-12)15(16-5-2)10-14-11-19(3)18-17-14/h11-13,15-16H,4-10H2,1-3H3. The molecule has 0 amide bonds. The van der Waals surface area contributed by atoms with Crippen LogP contribution in [0.4, 0.5) is 0 Å². The van der Waals surface area contributed by atoms with Crippen molar-refractivity contribution in [3.63, 3.8) is 0 Å². The number of aryl methyl sites for hydroxylation is 1. The normalized spacial score (nSPS) is 25.4. The molecule has 4 nitrogen and oxygen atoms in total. The Morgan fingerprint density at radius 3 is 2.89 bits per heavy atom. The molecular formula is C15H28N4. The molecule has 1 aliphatic carbocycles. The summed E-state index contributed by atoms with van der Waals surface area (Å²) in [6.45, 7) is 5.57. The van der Waals surface area contributed by atoms with E-state index in [2.05, 4.69) is 29.5 Å². The predicted molar refractivity (Wildman–Crippen MR) is 77.9 cm³/mol. The first-order valence-corrected chi connectivity index (χ1v) is 7.81. The van der Waals surface area contributed by atoms with Gasteiger partial charge in [0, 0.05) is 25.7 Å². The van der Waals surface area contributed by atoms with Crippen LogP contribution in [0.1, 0.15) is 51.6 Å². The first-order valence-electron chi connectivity index (χ1n) is 7.81. The van der Waals surface area contributed by atoms with Crippen molar-refractivity contribution in [3.05, 3.63) is 11.9 Å². The lowest BCUT2D eigenvalue weighted by Crippen LogP contribution is -2.40. The first-order chi connectivity index (χ1) is 9.22. The number of rotatable bonds is 6. The quantitative estimate of drug-likeness (QED) is 0.858. The molecule has 3 unspecified atom stereocenters. The zero-order chi connectivity index (χ0) is 13.7. The average molecular weight is 264 g/mol. The topological polar surface area (TPSA) is 42.7 Å². The Morgan fingerprint density at radius 1 is 1.42 bits per heavy atom. The number of hydrogen-bond donors (Lipinski definition) is 1. The average Bonchev–Trinajstić information content (AvgIpc) is 2.84. The molecule has 0 radical (unpaired) electrons. The van der Waals surface area contributed by atoms with E-state index in [4.69, 9.17) is 0 Å². The number of hydrogen-bond acceptors (Lipinski definition) is 3. The van der Waals surface area contributed by atoms with Gasteiger partial charge in [-0.25, -0.2) is 0 Å². The Morgan fingerprint density at radius 2 is 2.26 bits per heavy atom. The molecule has 3 atom stereocenters. The van der Waals surface area contributed by atoms with Crippen LogP contribution in [0.5, 0.6) is 0 Å². The van der Waals surface area contributed by atoms with Gasteiger partial charge < -0.3 is 5.32 Å². The Balaban J connectivity index is 1.98. The summed E-state index contributed by atoms with van der Waals surface area (Å²) in [5, 5.41) is 12.0. The fourth-order valence-electron chi connectivity index (χ4n) is 3.45. The monoisotopic (exact) mass is 264 g/mol. The maximum atomic E-state index is 4.24. The van der Waals surface area contributed by atoms with Crippen molar-refractivity contribution < 1.29 is 0 Å². The molecule has 1 N–H and O–H groups in total. The molecular weight excluding hydrogens is 236 g/mol. The minimum Gasteiger partial charge on any atom is -0.314 e. The third kappa shape index (κ3) is 4.03. The van der Waals surface area contributed by atoms with Gasteiger partial charge in [-0.3, -0.25) is 4.68 Å². The summed E-state index contributed by atoms with van der Waals surface area (Å²) in [5.74, 6) is 1.74. The SMILES string of the molecule is CCNC(Cc1cn(C)nn1)C1CCCC(CC)C1. The molecule has 1 saturated carbocycles. The predicted octanol–water partition coefficient (Wildman–Crippen LogP) is 2.55. The first kappa shape index (κ1) is 14.5. The smallest absolute Gasteiger partial charge is 0.0842 e. The van der Waals surface area contributed by atoms with Crippen LogP contribution in [-0.2, 0) is 13.5 Å². The molecule has 0 spiro atoms. The minimum absolute atomic E-state index is 0.566. The molecule has 0 aromatic carbocycles. The molecule has 0 bridgehead atoms. The lowest BCUT2D eigenvalue weighted by Gasteiger charge is -2.34. The fraction of sp³-hybridized carbons (Fsp3) is 0.867. The maximum Gasteiger partial charge on any atom is 0.0842 e. The van der Waals surface area contributed by atoms with Crippen molar-refractivity contribution in [2.45, 2.75) is 58.4 Å². The van der Waals surface area contributed by atoms with E-state index in [1.807, 2.05) is 13.2 Å². The van der Waals surface area contributed by atoms with Gasteiger partial charge in [-0.1, -0.05) is 38.3 Å². The Labute approximate surface area is 117 Å². The summed E-state index contributed by atoms with van der Waals surface area (Å²) < 4.78 is 1.80. The van der Waals surface area contributed by atoms with Crippen molar-refractivity contribution in [3.8, 4) is 0 Å². The second kappa shape index (κ2) is 7.04. The summed E-state index contributed by atoms with van der Waals surface area (Å²) in [6.07, 6.45) is 9.97. The Bertz CT molecular complexity index is 374. The van der Waals surface area contributed by atoms with E-state index in [-0.39, 0.29) is 0 Å². The van der Waals surface area contributed by atoms with Crippen LogP contribution in [-0.4, -0.2) is 27.6 Å². The molecule has 2 rings (SSSR count). The highest BCUT2D eigenvalue weighted by atomic mass is 15.4. The van der Waals surface area contributed by atoms with Crippen LogP contribution in [0.2, 0.25) is 0 Å². The molecule has 1 aliphatic rings. The largest absolute Gasteiger partial charge is 0.314 e. The van der Waals surface area contributed by atoms with Gasteiger partial charge in [-0.05, 0) is 31.2 Å². The number of nitrogens with one attached hydrogen (secondary N) is 1. The fourth-order valence-corrected chi connectivity index (χ4v) is 3.45. The van der Waals surface area contributed by atoms with Gasteiger partial charge in [0.25, 0.3) is 0 Å². The summed E-state index contributed by atoms with van der Waals surface area (Å²) in [7, 11) is 1.94. The van der Waals surface area contributed by atoms with E-state index in [1.54, 1.807) is 4.68 Å². The van der Waals surface area contributed by atoms with Crippen LogP contribution in [0.25, 0.3) is 0 Å². The van der Waals surface area contributed by atoms with E-state index in [1.165, 1.54) is 32.1 Å². The lowest BCUT2D eigenvalue weighted by molar-refractivity contribution is 0.208. The van der Waals surface area contributed by atoms with Gasteiger partial charge in [0.1, 0.15) is 0 Å². The van der Waals surface area contributed by atoms with Crippen molar-refractivity contribution in [2.24, 2.45) is 18.9 Å². The van der Waals surface area contributed by atoms with Gasteiger partial charge in [-0.2, -0.15) is 0 Å². The van der Waals surface area contributed by atoms with Crippen LogP contribution in [0.3, 0.4) is 0 Å². The van der Waals surface area contributed by atoms with Crippen LogP contribution in [0, 0.1) is 11.8 Å². The number of aromatic nitrogens is 3. The van der Waals surface area contributed by atoms with Gasteiger partial charge >= 0.3 is 0 Å². The maximum absolute atomic E-state index is 4.24. The minimum atomic E-state index is 0.566. The van der Waals surface area contributed by atoms with Crippen molar-refractivity contribution in [1.82, 2.24) is 20.3 Å². The molecule has 1 aromatic rings. The number of nitrogens with zero attached hydrogens (tertiary/aromatic N) is 3. The summed E-state index contributed by atoms with van der Waals surface area (Å²) in [6, 6.07) is 0.566. The zero-order valence-corrected chi connectivity index (χ0v) is 12.6.